The van der Waals surface area contributed by atoms with Gasteiger partial charge in [-0.2, -0.15) is 0 Å². The topological polar surface area (TPSA) is 43.9 Å². The van der Waals surface area contributed by atoms with Crippen LogP contribution in [-0.4, -0.2) is 54.8 Å². The molecule has 0 bridgehead atoms. The number of hydrogen-bond donors (Lipinski definition) is 0. The van der Waals surface area contributed by atoms with Crippen LogP contribution in [-0.2, 0) is 11.3 Å². The Balaban J connectivity index is 1.40. The predicted molar refractivity (Wildman–Crippen MR) is 113 cm³/mol. The van der Waals surface area contributed by atoms with Crippen molar-refractivity contribution in [1.29, 1.82) is 0 Å². The van der Waals surface area contributed by atoms with Crippen LogP contribution in [0.25, 0.3) is 0 Å². The lowest BCUT2D eigenvalue weighted by Gasteiger charge is -2.35. The zero-order valence-corrected chi connectivity index (χ0v) is 17.5. The highest BCUT2D eigenvalue weighted by atomic mass is 35.5. The molecule has 0 radical (unpaired) electrons. The molecule has 0 spiro atoms. The molecule has 1 saturated carbocycles. The van der Waals surface area contributed by atoms with E-state index < -0.39 is 0 Å². The molecule has 0 N–H and O–H groups in total. The third kappa shape index (κ3) is 4.24. The fourth-order valence-electron chi connectivity index (χ4n) is 3.61. The summed E-state index contributed by atoms with van der Waals surface area (Å²) < 4.78 is 0.810. The summed E-state index contributed by atoms with van der Waals surface area (Å²) in [6.07, 6.45) is 1.91. The van der Waals surface area contributed by atoms with Gasteiger partial charge in [0.2, 0.25) is 5.91 Å². The molecule has 2 aromatic rings. The molecule has 0 unspecified atom stereocenters. The molecule has 2 heterocycles. The van der Waals surface area contributed by atoms with E-state index in [1.165, 1.54) is 4.88 Å². The maximum absolute atomic E-state index is 13.2. The third-order valence-electron chi connectivity index (χ3n) is 5.42. The maximum atomic E-state index is 13.2. The van der Waals surface area contributed by atoms with Gasteiger partial charge >= 0.3 is 0 Å². The molecule has 2 fully saturated rings. The van der Waals surface area contributed by atoms with Crippen molar-refractivity contribution in [3.8, 4) is 0 Å². The fourth-order valence-corrected chi connectivity index (χ4v) is 4.74. The first-order valence-corrected chi connectivity index (χ1v) is 10.8. The van der Waals surface area contributed by atoms with Gasteiger partial charge in [0.25, 0.3) is 5.91 Å². The smallest absolute Gasteiger partial charge is 0.256 e. The van der Waals surface area contributed by atoms with E-state index in [-0.39, 0.29) is 17.7 Å². The van der Waals surface area contributed by atoms with Crippen LogP contribution in [0.4, 0.5) is 5.69 Å². The number of carbonyl (C=O) groups is 2. The lowest BCUT2D eigenvalue weighted by molar-refractivity contribution is -0.119. The second-order valence-corrected chi connectivity index (χ2v) is 9.26. The molecule has 1 aromatic carbocycles. The maximum Gasteiger partial charge on any atom is 0.256 e. The first-order chi connectivity index (χ1) is 13.5. The predicted octanol–water partition coefficient (Wildman–Crippen LogP) is 3.73. The largest absolute Gasteiger partial charge is 0.336 e. The van der Waals surface area contributed by atoms with Gasteiger partial charge in [-0.05, 0) is 37.1 Å². The zero-order chi connectivity index (χ0) is 19.7. The second kappa shape index (κ2) is 8.23. The highest BCUT2D eigenvalue weighted by Gasteiger charge is 2.34. The van der Waals surface area contributed by atoms with E-state index in [0.717, 1.165) is 36.8 Å². The van der Waals surface area contributed by atoms with Gasteiger partial charge in [-0.25, -0.2) is 0 Å². The minimum Gasteiger partial charge on any atom is -0.336 e. The quantitative estimate of drug-likeness (QED) is 0.744. The van der Waals surface area contributed by atoms with Crippen molar-refractivity contribution in [2.24, 2.45) is 5.92 Å². The number of halogens is 1. The Bertz CT molecular complexity index is 872. The van der Waals surface area contributed by atoms with Crippen molar-refractivity contribution in [2.75, 3.05) is 38.1 Å². The molecule has 148 valence electrons. The normalized spacial score (nSPS) is 17.6. The number of amides is 2. The van der Waals surface area contributed by atoms with Crippen molar-refractivity contribution in [3.63, 3.8) is 0 Å². The number of piperazine rings is 1. The van der Waals surface area contributed by atoms with E-state index in [1.54, 1.807) is 23.3 Å². The average molecular weight is 418 g/mol. The molecule has 7 heteroatoms. The van der Waals surface area contributed by atoms with Crippen molar-refractivity contribution >= 4 is 40.4 Å². The van der Waals surface area contributed by atoms with E-state index >= 15 is 0 Å². The molecule has 5 nitrogen and oxygen atoms in total. The minimum atomic E-state index is 0.00450. The van der Waals surface area contributed by atoms with Crippen molar-refractivity contribution in [1.82, 2.24) is 9.80 Å². The summed E-state index contributed by atoms with van der Waals surface area (Å²) in [6.45, 7) is 3.91. The van der Waals surface area contributed by atoms with E-state index in [4.69, 9.17) is 11.6 Å². The first kappa shape index (κ1) is 19.4. The summed E-state index contributed by atoms with van der Waals surface area (Å²) in [5, 5.41) is 0. The first-order valence-electron chi connectivity index (χ1n) is 9.65. The van der Waals surface area contributed by atoms with Crippen LogP contribution in [0.15, 0.2) is 36.4 Å². The molecule has 2 aliphatic rings. The molecule has 1 aliphatic heterocycles. The minimum absolute atomic E-state index is 0.00450. The number of rotatable bonds is 5. The number of carbonyl (C=O) groups excluding carboxylic acids is 2. The number of benzene rings is 1. The molecule has 1 saturated heterocycles. The highest BCUT2D eigenvalue weighted by Crippen LogP contribution is 2.33. The van der Waals surface area contributed by atoms with Crippen LogP contribution in [0.5, 0.6) is 0 Å². The van der Waals surface area contributed by atoms with Crippen LogP contribution < -0.4 is 4.90 Å². The van der Waals surface area contributed by atoms with Gasteiger partial charge in [0.1, 0.15) is 0 Å². The van der Waals surface area contributed by atoms with Gasteiger partial charge in [-0.3, -0.25) is 14.5 Å². The van der Waals surface area contributed by atoms with Crippen LogP contribution in [0.3, 0.4) is 0 Å². The van der Waals surface area contributed by atoms with Gasteiger partial charge in [0.15, 0.2) is 0 Å². The Morgan fingerprint density at radius 1 is 1.11 bits per heavy atom. The number of thiophene rings is 1. The molecular weight excluding hydrogens is 394 g/mol. The molecular formula is C21H24ClN3O2S. The Hall–Kier alpha value is -1.89. The highest BCUT2D eigenvalue weighted by molar-refractivity contribution is 7.16. The molecule has 2 amide bonds. The van der Waals surface area contributed by atoms with Gasteiger partial charge in [0.05, 0.1) is 15.6 Å². The zero-order valence-electron chi connectivity index (χ0n) is 15.9. The Labute approximate surface area is 174 Å². The van der Waals surface area contributed by atoms with Crippen LogP contribution >= 0.6 is 22.9 Å². The summed E-state index contributed by atoms with van der Waals surface area (Å²) in [7, 11) is 1.77. The van der Waals surface area contributed by atoms with Gasteiger partial charge in [-0.15, -0.1) is 11.3 Å². The van der Waals surface area contributed by atoms with Gasteiger partial charge in [0, 0.05) is 50.6 Å². The Kier molecular flexibility index (Phi) is 5.71. The van der Waals surface area contributed by atoms with E-state index in [9.17, 15) is 9.59 Å². The standard InChI is InChI=1S/C21H24ClN3O2S/c1-23(20(26)15-6-7-15)18-5-3-2-4-17(18)21(27)25-12-10-24(11-13-25)14-16-8-9-19(22)28-16/h2-5,8-9,15H,6-7,10-14H2,1H3. The van der Waals surface area contributed by atoms with Gasteiger partial charge < -0.3 is 9.80 Å². The van der Waals surface area contributed by atoms with Crippen LogP contribution in [0, 0.1) is 5.92 Å². The number of anilines is 1. The monoisotopic (exact) mass is 417 g/mol. The van der Waals surface area contributed by atoms with Gasteiger partial charge in [-0.1, -0.05) is 23.7 Å². The van der Waals surface area contributed by atoms with Crippen molar-refractivity contribution in [2.45, 2.75) is 19.4 Å². The van der Waals surface area contributed by atoms with E-state index in [2.05, 4.69) is 11.0 Å². The SMILES string of the molecule is CN(C(=O)C1CC1)c1ccccc1C(=O)N1CCN(Cc2ccc(Cl)s2)CC1. The van der Waals surface area contributed by atoms with E-state index in [1.807, 2.05) is 35.2 Å². The number of nitrogens with zero attached hydrogens (tertiary/aromatic N) is 3. The molecule has 0 atom stereocenters. The third-order valence-corrected chi connectivity index (χ3v) is 6.64. The summed E-state index contributed by atoms with van der Waals surface area (Å²) in [5.41, 5.74) is 1.32. The van der Waals surface area contributed by atoms with Crippen LogP contribution in [0.1, 0.15) is 28.1 Å². The lowest BCUT2D eigenvalue weighted by atomic mass is 10.1. The second-order valence-electron chi connectivity index (χ2n) is 7.46. The lowest BCUT2D eigenvalue weighted by Crippen LogP contribution is -2.48. The average Bonchev–Trinajstić information content (AvgIpc) is 3.49. The summed E-state index contributed by atoms with van der Waals surface area (Å²) >= 11 is 7.62. The Morgan fingerprint density at radius 3 is 2.46 bits per heavy atom. The van der Waals surface area contributed by atoms with Crippen molar-refractivity contribution < 1.29 is 9.59 Å². The molecule has 28 heavy (non-hydrogen) atoms. The van der Waals surface area contributed by atoms with Crippen molar-refractivity contribution in [3.05, 3.63) is 51.2 Å². The number of hydrogen-bond acceptors (Lipinski definition) is 4. The summed E-state index contributed by atoms with van der Waals surface area (Å²) in [5.74, 6) is 0.243. The molecule has 1 aliphatic carbocycles. The Morgan fingerprint density at radius 2 is 1.82 bits per heavy atom. The van der Waals surface area contributed by atoms with Crippen LogP contribution in [0.2, 0.25) is 4.34 Å². The fraction of sp³-hybridized carbons (Fsp3) is 0.429. The molecule has 1 aromatic heterocycles. The summed E-state index contributed by atoms with van der Waals surface area (Å²) in [6, 6.07) is 11.4. The van der Waals surface area contributed by atoms with E-state index in [0.29, 0.717) is 24.3 Å². The molecule has 4 rings (SSSR count). The number of para-hydroxylation sites is 1. The summed E-state index contributed by atoms with van der Waals surface area (Å²) in [4.78, 5) is 32.8.